The number of aliphatic hydroxyl groups is 1. The summed E-state index contributed by atoms with van der Waals surface area (Å²) in [6, 6.07) is 6.17. The molecule has 3 heteroatoms. The molecule has 0 heterocycles. The third-order valence-electron chi connectivity index (χ3n) is 1.87. The summed E-state index contributed by atoms with van der Waals surface area (Å²) in [6.07, 6.45) is -0.517. The fraction of sp³-hybridized carbons (Fsp3) is 0.400. The van der Waals surface area contributed by atoms with Crippen molar-refractivity contribution in [2.24, 2.45) is 0 Å². The third kappa shape index (κ3) is 2.49. The molecule has 0 aromatic heterocycles. The predicted octanol–water partition coefficient (Wildman–Crippen LogP) is 2.47. The number of halogens is 2. The summed E-state index contributed by atoms with van der Waals surface area (Å²) in [5, 5.41) is 8.45. The average Bonchev–Trinajstić information content (AvgIpc) is 2.04. The van der Waals surface area contributed by atoms with Crippen LogP contribution >= 0.6 is 0 Å². The van der Waals surface area contributed by atoms with Gasteiger partial charge < -0.3 is 5.11 Å². The molecule has 0 aliphatic carbocycles. The standard InChI is InChI=1S/C10H12F2O/c1-8-3-2-4-9(7-8)10(11,12)5-6-13/h2-4,7,13H,5-6H2,1H3. The summed E-state index contributed by atoms with van der Waals surface area (Å²) >= 11 is 0. The van der Waals surface area contributed by atoms with Crippen LogP contribution in [0.25, 0.3) is 0 Å². The minimum atomic E-state index is -2.92. The lowest BCUT2D eigenvalue weighted by Gasteiger charge is -2.15. The van der Waals surface area contributed by atoms with Gasteiger partial charge in [-0.15, -0.1) is 0 Å². The van der Waals surface area contributed by atoms with E-state index < -0.39 is 19.0 Å². The molecule has 1 nitrogen and oxygen atoms in total. The predicted molar refractivity (Wildman–Crippen MR) is 46.8 cm³/mol. The van der Waals surface area contributed by atoms with Gasteiger partial charge in [-0.25, -0.2) is 8.78 Å². The highest BCUT2D eigenvalue weighted by atomic mass is 19.3. The fourth-order valence-electron chi connectivity index (χ4n) is 1.16. The van der Waals surface area contributed by atoms with Gasteiger partial charge in [-0.1, -0.05) is 29.8 Å². The molecule has 0 bridgehead atoms. The molecular formula is C10H12F2O. The first-order valence-electron chi connectivity index (χ1n) is 4.12. The van der Waals surface area contributed by atoms with Crippen LogP contribution in [0.1, 0.15) is 17.5 Å². The van der Waals surface area contributed by atoms with Gasteiger partial charge in [0.05, 0.1) is 0 Å². The second kappa shape index (κ2) is 3.83. The van der Waals surface area contributed by atoms with Crippen molar-refractivity contribution in [3.8, 4) is 0 Å². The van der Waals surface area contributed by atoms with Gasteiger partial charge in [0.15, 0.2) is 0 Å². The van der Waals surface area contributed by atoms with E-state index >= 15 is 0 Å². The van der Waals surface area contributed by atoms with E-state index in [0.717, 1.165) is 5.56 Å². The Morgan fingerprint density at radius 2 is 2.08 bits per heavy atom. The smallest absolute Gasteiger partial charge is 0.275 e. The van der Waals surface area contributed by atoms with Crippen molar-refractivity contribution < 1.29 is 13.9 Å². The summed E-state index contributed by atoms with van der Waals surface area (Å²) in [5.41, 5.74) is 0.775. The van der Waals surface area contributed by atoms with Crippen molar-refractivity contribution in [1.82, 2.24) is 0 Å². The molecule has 72 valence electrons. The van der Waals surface area contributed by atoms with Crippen molar-refractivity contribution in [2.45, 2.75) is 19.3 Å². The maximum Gasteiger partial charge on any atom is 0.275 e. The number of benzene rings is 1. The number of alkyl halides is 2. The second-order valence-electron chi connectivity index (χ2n) is 3.05. The van der Waals surface area contributed by atoms with E-state index in [1.807, 2.05) is 0 Å². The molecule has 13 heavy (non-hydrogen) atoms. The summed E-state index contributed by atoms with van der Waals surface area (Å²) < 4.78 is 26.4. The van der Waals surface area contributed by atoms with Gasteiger partial charge in [0.1, 0.15) is 0 Å². The normalized spacial score (nSPS) is 11.7. The molecule has 1 rings (SSSR count). The zero-order valence-corrected chi connectivity index (χ0v) is 7.43. The van der Waals surface area contributed by atoms with E-state index in [9.17, 15) is 8.78 Å². The fourth-order valence-corrected chi connectivity index (χ4v) is 1.16. The highest BCUT2D eigenvalue weighted by molar-refractivity contribution is 5.25. The molecule has 0 fully saturated rings. The van der Waals surface area contributed by atoms with Crippen LogP contribution in [0.3, 0.4) is 0 Å². The first-order chi connectivity index (χ1) is 6.06. The molecule has 1 N–H and O–H groups in total. The monoisotopic (exact) mass is 186 g/mol. The van der Waals surface area contributed by atoms with E-state index in [2.05, 4.69) is 0 Å². The van der Waals surface area contributed by atoms with E-state index in [-0.39, 0.29) is 5.56 Å². The van der Waals surface area contributed by atoms with Crippen molar-refractivity contribution >= 4 is 0 Å². The first kappa shape index (κ1) is 10.1. The van der Waals surface area contributed by atoms with Crippen LogP contribution in [0.15, 0.2) is 24.3 Å². The zero-order chi connectivity index (χ0) is 9.90. The first-order valence-corrected chi connectivity index (χ1v) is 4.12. The van der Waals surface area contributed by atoms with E-state index in [1.165, 1.54) is 12.1 Å². The van der Waals surface area contributed by atoms with Crippen LogP contribution in [-0.4, -0.2) is 11.7 Å². The molecule has 0 aliphatic rings. The summed E-state index contributed by atoms with van der Waals surface area (Å²) in [4.78, 5) is 0. The maximum atomic E-state index is 13.2. The summed E-state index contributed by atoms with van der Waals surface area (Å²) in [6.45, 7) is 1.26. The van der Waals surface area contributed by atoms with Crippen LogP contribution in [0.5, 0.6) is 0 Å². The summed E-state index contributed by atoms with van der Waals surface area (Å²) in [7, 11) is 0. The Morgan fingerprint density at radius 3 is 2.62 bits per heavy atom. The Labute approximate surface area is 76.0 Å². The molecule has 0 radical (unpaired) electrons. The lowest BCUT2D eigenvalue weighted by atomic mass is 10.0. The van der Waals surface area contributed by atoms with Gasteiger partial charge in [-0.05, 0) is 6.92 Å². The van der Waals surface area contributed by atoms with Gasteiger partial charge in [0.25, 0.3) is 5.92 Å². The van der Waals surface area contributed by atoms with Crippen LogP contribution in [-0.2, 0) is 5.92 Å². The Bertz CT molecular complexity index is 284. The van der Waals surface area contributed by atoms with E-state index in [4.69, 9.17) is 5.11 Å². The van der Waals surface area contributed by atoms with Crippen LogP contribution in [0.4, 0.5) is 8.78 Å². The van der Waals surface area contributed by atoms with Crippen molar-refractivity contribution in [1.29, 1.82) is 0 Å². The number of rotatable bonds is 3. The molecule has 0 amide bonds. The molecule has 0 spiro atoms. The lowest BCUT2D eigenvalue weighted by molar-refractivity contribution is -0.0270. The molecule has 0 saturated heterocycles. The molecule has 0 aliphatic heterocycles. The van der Waals surface area contributed by atoms with Crippen LogP contribution in [0, 0.1) is 6.92 Å². The molecule has 0 saturated carbocycles. The number of hydrogen-bond acceptors (Lipinski definition) is 1. The molecule has 1 aromatic rings. The zero-order valence-electron chi connectivity index (χ0n) is 7.43. The van der Waals surface area contributed by atoms with Gasteiger partial charge >= 0.3 is 0 Å². The Kier molecular flexibility index (Phi) is 2.98. The van der Waals surface area contributed by atoms with Gasteiger partial charge in [0.2, 0.25) is 0 Å². The van der Waals surface area contributed by atoms with Crippen LogP contribution < -0.4 is 0 Å². The Hall–Kier alpha value is -0.960. The third-order valence-corrected chi connectivity index (χ3v) is 1.87. The number of aliphatic hydroxyl groups excluding tert-OH is 1. The molecule has 0 unspecified atom stereocenters. The number of aryl methyl sites for hydroxylation is 1. The van der Waals surface area contributed by atoms with Crippen LogP contribution in [0.2, 0.25) is 0 Å². The largest absolute Gasteiger partial charge is 0.396 e. The van der Waals surface area contributed by atoms with Gasteiger partial charge in [-0.3, -0.25) is 0 Å². The topological polar surface area (TPSA) is 20.2 Å². The minimum Gasteiger partial charge on any atom is -0.396 e. The Morgan fingerprint density at radius 1 is 1.38 bits per heavy atom. The highest BCUT2D eigenvalue weighted by Gasteiger charge is 2.30. The molecule has 0 atom stereocenters. The molecule has 1 aromatic carbocycles. The maximum absolute atomic E-state index is 13.2. The minimum absolute atomic E-state index is 0.0263. The van der Waals surface area contributed by atoms with Gasteiger partial charge in [-0.2, -0.15) is 0 Å². The Balaban J connectivity index is 2.93. The highest BCUT2D eigenvalue weighted by Crippen LogP contribution is 2.31. The van der Waals surface area contributed by atoms with Crippen molar-refractivity contribution in [2.75, 3.05) is 6.61 Å². The van der Waals surface area contributed by atoms with E-state index in [1.54, 1.807) is 19.1 Å². The molecular weight excluding hydrogens is 174 g/mol. The SMILES string of the molecule is Cc1cccc(C(F)(F)CCO)c1. The van der Waals surface area contributed by atoms with Crippen molar-refractivity contribution in [3.05, 3.63) is 35.4 Å². The summed E-state index contributed by atoms with van der Waals surface area (Å²) in [5.74, 6) is -2.92. The average molecular weight is 186 g/mol. The second-order valence-corrected chi connectivity index (χ2v) is 3.05. The van der Waals surface area contributed by atoms with Gasteiger partial charge in [0, 0.05) is 18.6 Å². The van der Waals surface area contributed by atoms with E-state index in [0.29, 0.717) is 0 Å². The lowest BCUT2D eigenvalue weighted by Crippen LogP contribution is -2.15. The number of hydrogen-bond donors (Lipinski definition) is 1. The van der Waals surface area contributed by atoms with Crippen molar-refractivity contribution in [3.63, 3.8) is 0 Å². The quantitative estimate of drug-likeness (QED) is 0.768.